The summed E-state index contributed by atoms with van der Waals surface area (Å²) in [6, 6.07) is 25.4. The predicted octanol–water partition coefficient (Wildman–Crippen LogP) is 5.24. The summed E-state index contributed by atoms with van der Waals surface area (Å²) in [6.45, 7) is 6.50. The maximum atomic E-state index is 13.4. The van der Waals surface area contributed by atoms with Gasteiger partial charge in [0.05, 0.1) is 24.2 Å². The van der Waals surface area contributed by atoms with Crippen LogP contribution in [0.3, 0.4) is 0 Å². The summed E-state index contributed by atoms with van der Waals surface area (Å²) >= 11 is 0. The zero-order valence-corrected chi connectivity index (χ0v) is 25.9. The van der Waals surface area contributed by atoms with Crippen LogP contribution in [0.5, 0.6) is 0 Å². The average molecular weight is 596 g/mol. The second-order valence-corrected chi connectivity index (χ2v) is 12.1. The average Bonchev–Trinajstić information content (AvgIpc) is 3.44. The Morgan fingerprint density at radius 3 is 2.48 bits per heavy atom. The number of likely N-dealkylation sites (tertiary alicyclic amines) is 1. The third-order valence-corrected chi connectivity index (χ3v) is 9.02. The topological polar surface area (TPSA) is 85.8 Å². The van der Waals surface area contributed by atoms with E-state index in [1.165, 1.54) is 16.8 Å². The van der Waals surface area contributed by atoms with Crippen LogP contribution < -0.4 is 10.6 Å². The van der Waals surface area contributed by atoms with Crippen LogP contribution in [-0.4, -0.2) is 79.5 Å². The Bertz CT molecular complexity index is 1510. The molecule has 2 aliphatic rings. The Kier molecular flexibility index (Phi) is 9.90. The quantitative estimate of drug-likeness (QED) is 0.239. The van der Waals surface area contributed by atoms with Crippen LogP contribution in [0, 0.1) is 0 Å². The molecule has 2 N–H and O–H groups in total. The van der Waals surface area contributed by atoms with Crippen molar-refractivity contribution in [2.75, 3.05) is 58.0 Å². The van der Waals surface area contributed by atoms with Gasteiger partial charge in [-0.3, -0.25) is 4.79 Å². The summed E-state index contributed by atoms with van der Waals surface area (Å²) in [6.07, 6.45) is 3.96. The Hall–Kier alpha value is -3.72. The predicted molar refractivity (Wildman–Crippen MR) is 176 cm³/mol. The molecule has 1 amide bonds. The SMILES string of the molecule is COCCCn1c(C2CCCN(C(=O)CC(N)Cc3ccc(-c4ccc(N5CCOCC5)cc4)cc3)C2)nc2ccccc21. The molecular weight excluding hydrogens is 550 g/mol. The molecule has 232 valence electrons. The summed E-state index contributed by atoms with van der Waals surface area (Å²) in [5.41, 5.74) is 13.5. The van der Waals surface area contributed by atoms with E-state index in [4.69, 9.17) is 20.2 Å². The van der Waals surface area contributed by atoms with E-state index >= 15 is 0 Å². The van der Waals surface area contributed by atoms with Crippen molar-refractivity contribution in [2.24, 2.45) is 5.73 Å². The van der Waals surface area contributed by atoms with Crippen LogP contribution >= 0.6 is 0 Å². The molecule has 6 rings (SSSR count). The largest absolute Gasteiger partial charge is 0.385 e. The fourth-order valence-electron chi connectivity index (χ4n) is 6.67. The number of aryl methyl sites for hydroxylation is 1. The minimum absolute atomic E-state index is 0.140. The zero-order chi connectivity index (χ0) is 30.3. The molecule has 2 aliphatic heterocycles. The number of hydrogen-bond acceptors (Lipinski definition) is 6. The number of nitrogens with two attached hydrogens (primary N) is 1. The highest BCUT2D eigenvalue weighted by Gasteiger charge is 2.29. The van der Waals surface area contributed by atoms with Crippen molar-refractivity contribution in [1.82, 2.24) is 14.5 Å². The standard InChI is InChI=1S/C36H45N5O3/c1-43-21-5-18-41-34-8-3-2-7-33(34)38-36(41)30-6-4-17-40(26-30)35(42)25-31(37)24-27-9-11-28(12-10-27)29-13-15-32(16-14-29)39-19-22-44-23-20-39/h2-3,7-16,30-31H,4-6,17-26,37H2,1H3. The number of morpholine rings is 1. The molecule has 0 saturated carbocycles. The Balaban J connectivity index is 1.04. The number of nitrogens with zero attached hydrogens (tertiary/aromatic N) is 4. The highest BCUT2D eigenvalue weighted by Crippen LogP contribution is 2.30. The lowest BCUT2D eigenvalue weighted by atomic mass is 9.95. The number of rotatable bonds is 11. The molecule has 8 heteroatoms. The number of carbonyl (C=O) groups is 1. The van der Waals surface area contributed by atoms with Gasteiger partial charge in [-0.15, -0.1) is 0 Å². The Labute approximate surface area is 260 Å². The molecule has 3 aromatic carbocycles. The molecule has 1 aromatic heterocycles. The summed E-state index contributed by atoms with van der Waals surface area (Å²) in [4.78, 5) is 22.8. The van der Waals surface area contributed by atoms with Crippen molar-refractivity contribution in [3.63, 3.8) is 0 Å². The maximum Gasteiger partial charge on any atom is 0.224 e. The molecule has 0 radical (unpaired) electrons. The van der Waals surface area contributed by atoms with Crippen LogP contribution in [-0.2, 0) is 27.2 Å². The summed E-state index contributed by atoms with van der Waals surface area (Å²) in [5.74, 6) is 1.44. The van der Waals surface area contributed by atoms with E-state index in [2.05, 4.69) is 76.2 Å². The minimum Gasteiger partial charge on any atom is -0.385 e. The molecule has 4 aromatic rings. The van der Waals surface area contributed by atoms with Gasteiger partial charge in [-0.2, -0.15) is 0 Å². The van der Waals surface area contributed by atoms with E-state index in [9.17, 15) is 4.79 Å². The van der Waals surface area contributed by atoms with Gasteiger partial charge in [-0.25, -0.2) is 4.98 Å². The summed E-state index contributed by atoms with van der Waals surface area (Å²) < 4.78 is 13.1. The van der Waals surface area contributed by atoms with Crippen molar-refractivity contribution < 1.29 is 14.3 Å². The van der Waals surface area contributed by atoms with Gasteiger partial charge < -0.3 is 29.6 Å². The molecule has 3 heterocycles. The number of fused-ring (bicyclic) bond motifs is 1. The molecule has 2 unspecified atom stereocenters. The summed E-state index contributed by atoms with van der Waals surface area (Å²) in [7, 11) is 1.74. The molecule has 2 atom stereocenters. The number of ether oxygens (including phenoxy) is 2. The van der Waals surface area contributed by atoms with Crippen LogP contribution in [0.1, 0.15) is 43.0 Å². The number of methoxy groups -OCH3 is 1. The number of benzene rings is 3. The second kappa shape index (κ2) is 14.4. The first-order valence-corrected chi connectivity index (χ1v) is 16.1. The number of anilines is 1. The van der Waals surface area contributed by atoms with E-state index in [0.29, 0.717) is 26.0 Å². The number of para-hydroxylation sites is 2. The molecule has 2 saturated heterocycles. The molecule has 0 aliphatic carbocycles. The Morgan fingerprint density at radius 1 is 1.00 bits per heavy atom. The van der Waals surface area contributed by atoms with Gasteiger partial charge in [-0.1, -0.05) is 48.5 Å². The first kappa shape index (κ1) is 30.3. The van der Waals surface area contributed by atoms with Crippen molar-refractivity contribution in [3.05, 3.63) is 84.2 Å². The smallest absolute Gasteiger partial charge is 0.224 e. The molecule has 8 nitrogen and oxygen atoms in total. The van der Waals surface area contributed by atoms with E-state index in [1.54, 1.807) is 7.11 Å². The highest BCUT2D eigenvalue weighted by atomic mass is 16.5. The monoisotopic (exact) mass is 595 g/mol. The normalized spacial score (nSPS) is 18.1. The Morgan fingerprint density at radius 2 is 1.73 bits per heavy atom. The summed E-state index contributed by atoms with van der Waals surface area (Å²) in [5, 5.41) is 0. The van der Waals surface area contributed by atoms with Crippen LogP contribution in [0.15, 0.2) is 72.8 Å². The van der Waals surface area contributed by atoms with Gasteiger partial charge in [0.25, 0.3) is 0 Å². The van der Waals surface area contributed by atoms with Gasteiger partial charge in [0.15, 0.2) is 0 Å². The van der Waals surface area contributed by atoms with Crippen LogP contribution in [0.2, 0.25) is 0 Å². The van der Waals surface area contributed by atoms with Gasteiger partial charge in [0.2, 0.25) is 5.91 Å². The number of carbonyl (C=O) groups excluding carboxylic acids is 1. The second-order valence-electron chi connectivity index (χ2n) is 12.1. The van der Waals surface area contributed by atoms with Crippen molar-refractivity contribution in [2.45, 2.75) is 50.6 Å². The van der Waals surface area contributed by atoms with Crippen LogP contribution in [0.25, 0.3) is 22.2 Å². The van der Waals surface area contributed by atoms with Crippen LogP contribution in [0.4, 0.5) is 5.69 Å². The zero-order valence-electron chi connectivity index (χ0n) is 25.9. The van der Waals surface area contributed by atoms with Gasteiger partial charge >= 0.3 is 0 Å². The molecule has 44 heavy (non-hydrogen) atoms. The fourth-order valence-corrected chi connectivity index (χ4v) is 6.67. The first-order valence-electron chi connectivity index (χ1n) is 16.1. The van der Waals surface area contributed by atoms with E-state index in [0.717, 1.165) is 81.1 Å². The minimum atomic E-state index is -0.222. The lowest BCUT2D eigenvalue weighted by Crippen LogP contribution is -2.42. The third-order valence-electron chi connectivity index (χ3n) is 9.02. The molecular formula is C36H45N5O3. The lowest BCUT2D eigenvalue weighted by molar-refractivity contribution is -0.132. The first-order chi connectivity index (χ1) is 21.6. The number of hydrogen-bond donors (Lipinski definition) is 1. The number of piperidine rings is 1. The highest BCUT2D eigenvalue weighted by molar-refractivity contribution is 5.78. The van der Waals surface area contributed by atoms with Gasteiger partial charge in [0.1, 0.15) is 5.82 Å². The number of amides is 1. The van der Waals surface area contributed by atoms with Crippen molar-refractivity contribution >= 4 is 22.6 Å². The van der Waals surface area contributed by atoms with E-state index in [1.807, 2.05) is 11.0 Å². The number of imidazole rings is 1. The van der Waals surface area contributed by atoms with Gasteiger partial charge in [-0.05, 0) is 66.6 Å². The van der Waals surface area contributed by atoms with Crippen molar-refractivity contribution in [3.8, 4) is 11.1 Å². The van der Waals surface area contributed by atoms with E-state index < -0.39 is 0 Å². The fraction of sp³-hybridized carbons (Fsp3) is 0.444. The third kappa shape index (κ3) is 7.15. The molecule has 2 fully saturated rings. The molecule has 0 bridgehead atoms. The van der Waals surface area contributed by atoms with Gasteiger partial charge in [0, 0.05) is 70.5 Å². The molecule has 0 spiro atoms. The number of aromatic nitrogens is 2. The van der Waals surface area contributed by atoms with Crippen molar-refractivity contribution in [1.29, 1.82) is 0 Å². The van der Waals surface area contributed by atoms with E-state index in [-0.39, 0.29) is 17.9 Å². The maximum absolute atomic E-state index is 13.4. The lowest BCUT2D eigenvalue weighted by Gasteiger charge is -2.33.